The Hall–Kier alpha value is -7.24. The van der Waals surface area contributed by atoms with Crippen LogP contribution in [0.1, 0.15) is 45.0 Å². The fourth-order valence-electron chi connectivity index (χ4n) is 7.70. The Bertz CT molecular complexity index is 2770. The predicted molar refractivity (Wildman–Crippen MR) is 214 cm³/mol. The second kappa shape index (κ2) is 12.8. The lowest BCUT2D eigenvalue weighted by Crippen LogP contribution is -2.18. The van der Waals surface area contributed by atoms with Crippen molar-refractivity contribution >= 4 is 22.3 Å². The van der Waals surface area contributed by atoms with Gasteiger partial charge in [0.1, 0.15) is 0 Å². The summed E-state index contributed by atoms with van der Waals surface area (Å²) in [6.45, 7) is 0. The zero-order valence-corrected chi connectivity index (χ0v) is 28.8. The van der Waals surface area contributed by atoms with Crippen molar-refractivity contribution in [2.75, 3.05) is 0 Å². The highest BCUT2D eigenvalue weighted by Crippen LogP contribution is 2.29. The number of hydrogen-bond donors (Lipinski definition) is 5. The molecule has 10 bridgehead atoms. The first-order valence-corrected chi connectivity index (χ1v) is 17.9. The number of H-pyrrole nitrogens is 5. The summed E-state index contributed by atoms with van der Waals surface area (Å²) in [5.41, 5.74) is 15.0. The Morgan fingerprint density at radius 1 is 0.189 bits per heavy atom. The highest BCUT2D eigenvalue weighted by molar-refractivity contribution is 5.84. The van der Waals surface area contributed by atoms with E-state index in [1.165, 1.54) is 0 Å². The van der Waals surface area contributed by atoms with Gasteiger partial charge >= 0.3 is 0 Å². The average molecular weight is 682 g/mol. The van der Waals surface area contributed by atoms with E-state index in [9.17, 15) is 0 Å². The van der Waals surface area contributed by atoms with Crippen molar-refractivity contribution in [3.63, 3.8) is 0 Å². The van der Waals surface area contributed by atoms with Crippen molar-refractivity contribution in [1.82, 2.24) is 24.9 Å². The van der Waals surface area contributed by atoms with Gasteiger partial charge in [0.2, 0.25) is 0 Å². The van der Waals surface area contributed by atoms with Gasteiger partial charge in [-0.3, -0.25) is 0 Å². The van der Waals surface area contributed by atoms with E-state index < -0.39 is 0 Å². The SMILES string of the molecule is c1ccc(C2=c3ccc([nH]3)=C(c3ccccc3)c3ccc([nH]3)-c3ccc([nH]3)C(c3ccccc3)=c3ccc([nH]3)=C(c3ccccc3)c3ccc2[nH]3)cc1. The van der Waals surface area contributed by atoms with Gasteiger partial charge < -0.3 is 24.9 Å². The monoisotopic (exact) mass is 681 g/mol. The van der Waals surface area contributed by atoms with Gasteiger partial charge in [-0.2, -0.15) is 0 Å². The molecule has 252 valence electrons. The molecule has 10 rings (SSSR count). The fourth-order valence-corrected chi connectivity index (χ4v) is 7.70. The summed E-state index contributed by atoms with van der Waals surface area (Å²) in [5, 5.41) is 4.11. The van der Waals surface area contributed by atoms with Crippen LogP contribution in [0.4, 0.5) is 0 Å². The van der Waals surface area contributed by atoms with E-state index in [2.05, 4.69) is 207 Å². The first-order valence-electron chi connectivity index (χ1n) is 17.9. The number of benzene rings is 4. The molecule has 5 N–H and O–H groups in total. The molecule has 5 aromatic heterocycles. The maximum absolute atomic E-state index is 3.87. The molecule has 0 fully saturated rings. The standard InChI is InChI=1S/C48H35N5/c1-5-13-31(14-6-1)45-37-23-21-35(49-37)36-22-24-38(50-36)46(32-15-7-2-8-16-32)40-26-28-42(52-40)48(34-19-11-4-12-20-34)44-30-29-43(53-44)47(33-17-9-3-10-18-33)41-27-25-39(45)51-41/h1-30,49-53H. The minimum Gasteiger partial charge on any atom is -0.354 e. The molecule has 5 heteroatoms. The molecule has 0 amide bonds. The normalized spacial score (nSPS) is 12.8. The number of aromatic amines is 5. The van der Waals surface area contributed by atoms with E-state index >= 15 is 0 Å². The van der Waals surface area contributed by atoms with Crippen LogP contribution in [-0.2, 0) is 0 Å². The van der Waals surface area contributed by atoms with E-state index in [1.807, 2.05) is 0 Å². The molecule has 0 atom stereocenters. The molecule has 0 spiro atoms. The van der Waals surface area contributed by atoms with Crippen LogP contribution < -0.4 is 21.4 Å². The zero-order valence-electron chi connectivity index (χ0n) is 28.8. The Morgan fingerprint density at radius 2 is 0.415 bits per heavy atom. The van der Waals surface area contributed by atoms with Gasteiger partial charge in [0.05, 0.1) is 11.4 Å². The van der Waals surface area contributed by atoms with Gasteiger partial charge in [-0.15, -0.1) is 0 Å². The zero-order chi connectivity index (χ0) is 35.1. The Morgan fingerprint density at radius 3 is 0.679 bits per heavy atom. The van der Waals surface area contributed by atoms with E-state index in [-0.39, 0.29) is 0 Å². The maximum Gasteiger partial charge on any atom is 0.0624 e. The smallest absolute Gasteiger partial charge is 0.0624 e. The Kier molecular flexibility index (Phi) is 7.40. The molecular weight excluding hydrogens is 647 g/mol. The molecule has 0 unspecified atom stereocenters. The topological polar surface area (TPSA) is 78.9 Å². The van der Waals surface area contributed by atoms with Gasteiger partial charge in [0.25, 0.3) is 0 Å². The molecule has 0 radical (unpaired) electrons. The minimum absolute atomic E-state index is 1.01. The largest absolute Gasteiger partial charge is 0.354 e. The van der Waals surface area contributed by atoms with E-state index in [0.717, 1.165) is 100 Å². The maximum atomic E-state index is 3.87. The second-order valence-electron chi connectivity index (χ2n) is 13.4. The highest BCUT2D eigenvalue weighted by Gasteiger charge is 2.18. The molecule has 6 heterocycles. The van der Waals surface area contributed by atoms with Gasteiger partial charge in [0.15, 0.2) is 0 Å². The van der Waals surface area contributed by atoms with Crippen LogP contribution in [0.3, 0.4) is 0 Å². The molecule has 4 aromatic carbocycles. The van der Waals surface area contributed by atoms with Crippen LogP contribution in [0.2, 0.25) is 0 Å². The van der Waals surface area contributed by atoms with Gasteiger partial charge in [-0.25, -0.2) is 0 Å². The van der Waals surface area contributed by atoms with Crippen molar-refractivity contribution in [3.05, 3.63) is 248 Å². The van der Waals surface area contributed by atoms with Crippen molar-refractivity contribution in [2.24, 2.45) is 0 Å². The number of fused-ring (bicyclic) bond motifs is 11. The molecule has 1 aliphatic heterocycles. The van der Waals surface area contributed by atoms with E-state index in [0.29, 0.717) is 0 Å². The number of nitrogens with one attached hydrogen (secondary N) is 5. The van der Waals surface area contributed by atoms with Crippen molar-refractivity contribution in [2.45, 2.75) is 0 Å². The quantitative estimate of drug-likeness (QED) is 0.129. The molecule has 5 nitrogen and oxygen atoms in total. The predicted octanol–water partition coefficient (Wildman–Crippen LogP) is 7.30. The summed E-state index contributed by atoms with van der Waals surface area (Å²) >= 11 is 0. The number of hydrogen-bond acceptors (Lipinski definition) is 0. The lowest BCUT2D eigenvalue weighted by Gasteiger charge is -2.08. The van der Waals surface area contributed by atoms with Crippen LogP contribution in [0, 0.1) is 0 Å². The molecule has 1 aliphatic rings. The fraction of sp³-hybridized carbons (Fsp3) is 0. The summed E-state index contributed by atoms with van der Waals surface area (Å²) in [4.78, 5) is 19.1. The van der Waals surface area contributed by atoms with Crippen molar-refractivity contribution in [3.8, 4) is 11.4 Å². The summed E-state index contributed by atoms with van der Waals surface area (Å²) in [6, 6.07) is 64.3. The molecule has 0 saturated heterocycles. The van der Waals surface area contributed by atoms with Crippen molar-refractivity contribution in [1.29, 1.82) is 0 Å². The van der Waals surface area contributed by atoms with Crippen LogP contribution in [-0.4, -0.2) is 24.9 Å². The molecule has 53 heavy (non-hydrogen) atoms. The first-order chi connectivity index (χ1) is 26.3. The third kappa shape index (κ3) is 5.52. The third-order valence-corrected chi connectivity index (χ3v) is 10.1. The average Bonchev–Trinajstić information content (AvgIpc) is 4.07. The molecular formula is C48H35N5. The first kappa shape index (κ1) is 30.6. The summed E-state index contributed by atoms with van der Waals surface area (Å²) in [7, 11) is 0. The minimum atomic E-state index is 1.01. The number of rotatable bonds is 4. The lowest BCUT2D eigenvalue weighted by molar-refractivity contribution is 1.20. The highest BCUT2D eigenvalue weighted by atomic mass is 14.8. The third-order valence-electron chi connectivity index (χ3n) is 10.1. The molecule has 0 saturated carbocycles. The second-order valence-corrected chi connectivity index (χ2v) is 13.4. The van der Waals surface area contributed by atoms with Gasteiger partial charge in [-0.1, -0.05) is 121 Å². The Balaban J connectivity index is 1.33. The van der Waals surface area contributed by atoms with Crippen LogP contribution in [0.15, 0.2) is 182 Å². The summed E-state index contributed by atoms with van der Waals surface area (Å²) < 4.78 is 0. The van der Waals surface area contributed by atoms with Gasteiger partial charge in [-0.05, 0) is 82.9 Å². The summed E-state index contributed by atoms with van der Waals surface area (Å²) in [5.74, 6) is 0. The molecule has 9 aromatic rings. The van der Waals surface area contributed by atoms with E-state index in [4.69, 9.17) is 0 Å². The summed E-state index contributed by atoms with van der Waals surface area (Å²) in [6.07, 6.45) is 0. The van der Waals surface area contributed by atoms with Crippen molar-refractivity contribution < 1.29 is 0 Å². The van der Waals surface area contributed by atoms with E-state index in [1.54, 1.807) is 0 Å². The van der Waals surface area contributed by atoms with Gasteiger partial charge in [0, 0.05) is 66.5 Å². The van der Waals surface area contributed by atoms with Crippen LogP contribution in [0.25, 0.3) is 33.7 Å². The number of aromatic nitrogens is 5. The van der Waals surface area contributed by atoms with Crippen LogP contribution >= 0.6 is 0 Å². The van der Waals surface area contributed by atoms with Crippen LogP contribution in [0.5, 0.6) is 0 Å². The Labute approximate surface area is 306 Å². The molecule has 0 aliphatic carbocycles. The lowest BCUT2D eigenvalue weighted by atomic mass is 10.0.